The quantitative estimate of drug-likeness (QED) is 0.357. The van der Waals surface area contributed by atoms with E-state index in [1.165, 1.54) is 6.26 Å². The lowest BCUT2D eigenvalue weighted by molar-refractivity contribution is -0.139. The summed E-state index contributed by atoms with van der Waals surface area (Å²) in [6.45, 7) is 4.40. The zero-order chi connectivity index (χ0) is 25.4. The minimum absolute atomic E-state index is 0.112. The van der Waals surface area contributed by atoms with E-state index in [9.17, 15) is 13.2 Å². The van der Waals surface area contributed by atoms with E-state index in [-0.39, 0.29) is 12.4 Å². The van der Waals surface area contributed by atoms with E-state index in [4.69, 9.17) is 19.3 Å². The molecule has 0 aliphatic rings. The Hall–Kier alpha value is -3.52. The second kappa shape index (κ2) is 11.8. The third-order valence-corrected chi connectivity index (χ3v) is 6.27. The van der Waals surface area contributed by atoms with Crippen LogP contribution in [0.1, 0.15) is 23.1 Å². The van der Waals surface area contributed by atoms with Gasteiger partial charge in [-0.05, 0) is 90.6 Å². The first kappa shape index (κ1) is 26.1. The van der Waals surface area contributed by atoms with Crippen LogP contribution < -0.4 is 14.2 Å². The number of benzene rings is 3. The van der Waals surface area contributed by atoms with E-state index in [1.807, 2.05) is 38.1 Å². The fourth-order valence-electron chi connectivity index (χ4n) is 3.73. The number of hydrogen-bond donors (Lipinski definition) is 1. The van der Waals surface area contributed by atoms with Gasteiger partial charge < -0.3 is 19.3 Å². The number of sulfone groups is 1. The van der Waals surface area contributed by atoms with Crippen LogP contribution in [0.2, 0.25) is 0 Å². The van der Waals surface area contributed by atoms with Gasteiger partial charge in [-0.15, -0.1) is 0 Å². The van der Waals surface area contributed by atoms with Crippen LogP contribution in [-0.2, 0) is 21.2 Å². The maximum atomic E-state index is 11.3. The molecule has 0 bridgehead atoms. The number of aliphatic carboxylic acids is 1. The van der Waals surface area contributed by atoms with Crippen LogP contribution in [0.4, 0.5) is 0 Å². The van der Waals surface area contributed by atoms with Crippen LogP contribution >= 0.6 is 0 Å². The van der Waals surface area contributed by atoms with E-state index >= 15 is 0 Å². The highest BCUT2D eigenvalue weighted by atomic mass is 32.2. The highest BCUT2D eigenvalue weighted by Gasteiger charge is 2.10. The summed E-state index contributed by atoms with van der Waals surface area (Å²) in [6, 6.07) is 18.9. The maximum Gasteiger partial charge on any atom is 0.341 e. The van der Waals surface area contributed by atoms with Gasteiger partial charge >= 0.3 is 5.97 Å². The minimum atomic E-state index is -2.99. The Balaban J connectivity index is 1.64. The lowest BCUT2D eigenvalue weighted by atomic mass is 9.94. The molecule has 186 valence electrons. The van der Waals surface area contributed by atoms with Crippen molar-refractivity contribution in [3.63, 3.8) is 0 Å². The van der Waals surface area contributed by atoms with Crippen LogP contribution in [0, 0.1) is 13.8 Å². The van der Waals surface area contributed by atoms with Crippen molar-refractivity contribution in [2.75, 3.05) is 25.2 Å². The number of carboxylic acid groups (broad SMARTS) is 1. The van der Waals surface area contributed by atoms with Gasteiger partial charge in [-0.1, -0.05) is 18.2 Å². The van der Waals surface area contributed by atoms with Crippen molar-refractivity contribution >= 4 is 15.8 Å². The molecule has 3 aromatic rings. The molecule has 0 aliphatic carbocycles. The van der Waals surface area contributed by atoms with Gasteiger partial charge in [-0.25, -0.2) is 13.2 Å². The molecule has 35 heavy (non-hydrogen) atoms. The first-order chi connectivity index (χ1) is 16.6. The van der Waals surface area contributed by atoms with Crippen LogP contribution in [0.25, 0.3) is 11.1 Å². The summed E-state index contributed by atoms with van der Waals surface area (Å²) >= 11 is 0. The van der Waals surface area contributed by atoms with Gasteiger partial charge in [0.15, 0.2) is 6.61 Å². The molecule has 0 saturated carbocycles. The zero-order valence-electron chi connectivity index (χ0n) is 20.1. The predicted octanol–water partition coefficient (Wildman–Crippen LogP) is 4.83. The lowest BCUT2D eigenvalue weighted by Crippen LogP contribution is -2.09. The molecule has 0 radical (unpaired) electrons. The van der Waals surface area contributed by atoms with E-state index in [1.54, 1.807) is 24.3 Å². The second-order valence-corrected chi connectivity index (χ2v) is 10.7. The zero-order valence-corrected chi connectivity index (χ0v) is 20.9. The standard InChI is InChI=1S/C27H30O7S/c1-19-14-25(32-12-5-13-35(3,30)31)15-20(2)27(19)22-7-4-6-21(16-22)17-33-23-8-10-24(11-9-23)34-18-26(28)29/h4,6-11,14-16H,5,12-13,17-18H2,1-3H3,(H,28,29). The molecule has 0 spiro atoms. The molecule has 0 heterocycles. The molecule has 3 aromatic carbocycles. The lowest BCUT2D eigenvalue weighted by Gasteiger charge is -2.15. The van der Waals surface area contributed by atoms with Gasteiger partial charge in [0.05, 0.1) is 12.4 Å². The Bertz CT molecular complexity index is 1240. The second-order valence-electron chi connectivity index (χ2n) is 8.41. The SMILES string of the molecule is Cc1cc(OCCCS(C)(=O)=O)cc(C)c1-c1cccc(COc2ccc(OCC(=O)O)cc2)c1. The van der Waals surface area contributed by atoms with Gasteiger partial charge in [0, 0.05) is 6.26 Å². The monoisotopic (exact) mass is 498 g/mol. The van der Waals surface area contributed by atoms with Crippen LogP contribution in [0.5, 0.6) is 17.2 Å². The van der Waals surface area contributed by atoms with Crippen LogP contribution in [0.3, 0.4) is 0 Å². The summed E-state index contributed by atoms with van der Waals surface area (Å²) in [4.78, 5) is 10.6. The Morgan fingerprint density at radius 1 is 0.857 bits per heavy atom. The van der Waals surface area contributed by atoms with Crippen molar-refractivity contribution < 1.29 is 32.5 Å². The molecular formula is C27H30O7S. The van der Waals surface area contributed by atoms with Crippen molar-refractivity contribution in [2.24, 2.45) is 0 Å². The van der Waals surface area contributed by atoms with Crippen molar-refractivity contribution in [3.8, 4) is 28.4 Å². The minimum Gasteiger partial charge on any atom is -0.494 e. The fraction of sp³-hybridized carbons (Fsp3) is 0.296. The molecule has 0 unspecified atom stereocenters. The Labute approximate surface area is 206 Å². The van der Waals surface area contributed by atoms with Gasteiger partial charge in [-0.2, -0.15) is 0 Å². The fourth-order valence-corrected chi connectivity index (χ4v) is 4.38. The van der Waals surface area contributed by atoms with Crippen LogP contribution in [0.15, 0.2) is 60.7 Å². The molecule has 0 amide bonds. The number of carboxylic acids is 1. The van der Waals surface area contributed by atoms with E-state index in [0.29, 0.717) is 31.1 Å². The van der Waals surface area contributed by atoms with Gasteiger partial charge in [0.25, 0.3) is 0 Å². The normalized spacial score (nSPS) is 11.2. The van der Waals surface area contributed by atoms with Crippen molar-refractivity contribution in [1.29, 1.82) is 0 Å². The molecule has 0 saturated heterocycles. The summed E-state index contributed by atoms with van der Waals surface area (Å²) < 4.78 is 39.4. The molecule has 0 fully saturated rings. The first-order valence-electron chi connectivity index (χ1n) is 11.2. The van der Waals surface area contributed by atoms with Crippen LogP contribution in [-0.4, -0.2) is 44.7 Å². The summed E-state index contributed by atoms with van der Waals surface area (Å²) in [5.41, 5.74) is 5.34. The third-order valence-electron chi connectivity index (χ3n) is 5.24. The predicted molar refractivity (Wildman–Crippen MR) is 135 cm³/mol. The van der Waals surface area contributed by atoms with Gasteiger partial charge in [0.2, 0.25) is 0 Å². The Kier molecular flexibility index (Phi) is 8.76. The topological polar surface area (TPSA) is 99.1 Å². The summed E-state index contributed by atoms with van der Waals surface area (Å²) in [7, 11) is -2.99. The molecule has 7 nitrogen and oxygen atoms in total. The highest BCUT2D eigenvalue weighted by molar-refractivity contribution is 7.90. The Morgan fingerprint density at radius 3 is 2.09 bits per heavy atom. The number of aryl methyl sites for hydroxylation is 2. The van der Waals surface area contributed by atoms with Crippen molar-refractivity contribution in [2.45, 2.75) is 26.9 Å². The Morgan fingerprint density at radius 2 is 1.49 bits per heavy atom. The molecule has 1 N–H and O–H groups in total. The van der Waals surface area contributed by atoms with Gasteiger partial charge in [-0.3, -0.25) is 0 Å². The van der Waals surface area contributed by atoms with E-state index in [2.05, 4.69) is 12.1 Å². The number of ether oxygens (including phenoxy) is 3. The smallest absolute Gasteiger partial charge is 0.341 e. The summed E-state index contributed by atoms with van der Waals surface area (Å²) in [5, 5.41) is 8.69. The first-order valence-corrected chi connectivity index (χ1v) is 13.3. The average molecular weight is 499 g/mol. The van der Waals surface area contributed by atoms with E-state index < -0.39 is 15.8 Å². The average Bonchev–Trinajstić information content (AvgIpc) is 2.79. The molecule has 0 aromatic heterocycles. The highest BCUT2D eigenvalue weighted by Crippen LogP contribution is 2.32. The van der Waals surface area contributed by atoms with Crippen molar-refractivity contribution in [3.05, 3.63) is 77.4 Å². The third kappa shape index (κ3) is 8.33. The van der Waals surface area contributed by atoms with Crippen molar-refractivity contribution in [1.82, 2.24) is 0 Å². The summed E-state index contributed by atoms with van der Waals surface area (Å²) in [5.74, 6) is 0.939. The molecule has 8 heteroatoms. The number of hydrogen-bond acceptors (Lipinski definition) is 6. The largest absolute Gasteiger partial charge is 0.494 e. The van der Waals surface area contributed by atoms with Gasteiger partial charge in [0.1, 0.15) is 33.7 Å². The number of rotatable bonds is 12. The molecule has 0 atom stereocenters. The van der Waals surface area contributed by atoms with E-state index in [0.717, 1.165) is 33.6 Å². The molecule has 0 aliphatic heterocycles. The molecular weight excluding hydrogens is 468 g/mol. The molecule has 3 rings (SSSR count). The number of carbonyl (C=O) groups is 1. The summed E-state index contributed by atoms with van der Waals surface area (Å²) in [6.07, 6.45) is 1.68. The maximum absolute atomic E-state index is 11.3.